The summed E-state index contributed by atoms with van der Waals surface area (Å²) in [4.78, 5) is 31.5. The molecule has 1 fully saturated rings. The Morgan fingerprint density at radius 1 is 1.17 bits per heavy atom. The Bertz CT molecular complexity index is 400. The zero-order chi connectivity index (χ0) is 13.4. The fourth-order valence-corrected chi connectivity index (χ4v) is 1.39. The number of hydrogen-bond donors (Lipinski definition) is 0. The summed E-state index contributed by atoms with van der Waals surface area (Å²) in [5, 5.41) is 0. The molecule has 0 saturated carbocycles. The predicted molar refractivity (Wildman–Crippen MR) is 64.8 cm³/mol. The number of imide groups is 3. The maximum Gasteiger partial charge on any atom is 0.236 e. The first-order chi connectivity index (χ1) is 8.69. The third kappa shape index (κ3) is 4.01. The van der Waals surface area contributed by atoms with Crippen LogP contribution in [0.15, 0.2) is 30.3 Å². The van der Waals surface area contributed by atoms with Crippen molar-refractivity contribution < 1.29 is 19.1 Å². The van der Waals surface area contributed by atoms with Gasteiger partial charge in [0.2, 0.25) is 18.2 Å². The van der Waals surface area contributed by atoms with Crippen molar-refractivity contribution >= 4 is 18.2 Å². The molecule has 1 aromatic rings. The Kier molecular flexibility index (Phi) is 5.57. The number of carbonyl (C=O) groups is 3. The van der Waals surface area contributed by atoms with E-state index in [-0.39, 0.29) is 19.3 Å². The number of likely N-dealkylation sites (tertiary alicyclic amines) is 1. The average Bonchev–Trinajstić information content (AvgIpc) is 2.71. The summed E-state index contributed by atoms with van der Waals surface area (Å²) in [6.07, 6.45) is 0.618. The van der Waals surface area contributed by atoms with E-state index in [1.54, 1.807) is 0 Å². The molecule has 3 amide bonds. The molecular weight excluding hydrogens is 234 g/mol. The van der Waals surface area contributed by atoms with E-state index in [1.165, 1.54) is 0 Å². The van der Waals surface area contributed by atoms with Crippen LogP contribution in [-0.4, -0.2) is 29.7 Å². The van der Waals surface area contributed by atoms with Crippen molar-refractivity contribution in [1.82, 2.24) is 4.90 Å². The second kappa shape index (κ2) is 7.21. The molecule has 0 N–H and O–H groups in total. The smallest absolute Gasteiger partial charge is 0.236 e. The number of para-hydroxylation sites is 1. The summed E-state index contributed by atoms with van der Waals surface area (Å²) in [5.41, 5.74) is 0. The van der Waals surface area contributed by atoms with E-state index in [2.05, 4.69) is 0 Å². The monoisotopic (exact) mass is 249 g/mol. The molecule has 0 atom stereocenters. The maximum atomic E-state index is 10.5. The molecule has 1 aliphatic rings. The number of nitrogens with zero attached hydrogens (tertiary/aromatic N) is 1. The van der Waals surface area contributed by atoms with E-state index >= 15 is 0 Å². The Labute approximate surface area is 105 Å². The van der Waals surface area contributed by atoms with E-state index < -0.39 is 11.8 Å². The van der Waals surface area contributed by atoms with Gasteiger partial charge in [-0.15, -0.1) is 0 Å². The van der Waals surface area contributed by atoms with Crippen molar-refractivity contribution in [2.24, 2.45) is 0 Å². The van der Waals surface area contributed by atoms with E-state index in [4.69, 9.17) is 4.74 Å². The highest BCUT2D eigenvalue weighted by molar-refractivity contribution is 6.09. The molecule has 0 aliphatic carbocycles. The summed E-state index contributed by atoms with van der Waals surface area (Å²) in [7, 11) is 0. The highest BCUT2D eigenvalue weighted by Crippen LogP contribution is 2.08. The molecule has 0 radical (unpaired) electrons. The summed E-state index contributed by atoms with van der Waals surface area (Å²) in [5.74, 6) is 0.157. The second-order valence-electron chi connectivity index (χ2n) is 3.51. The molecule has 18 heavy (non-hydrogen) atoms. The van der Waals surface area contributed by atoms with Gasteiger partial charge >= 0.3 is 0 Å². The highest BCUT2D eigenvalue weighted by Gasteiger charge is 2.27. The van der Waals surface area contributed by atoms with E-state index in [0.29, 0.717) is 4.90 Å². The number of carbonyl (C=O) groups excluding carboxylic acids is 3. The van der Waals surface area contributed by atoms with Crippen molar-refractivity contribution in [1.29, 1.82) is 0 Å². The fraction of sp³-hybridized carbons (Fsp3) is 0.308. The van der Waals surface area contributed by atoms with Crippen LogP contribution < -0.4 is 4.74 Å². The molecule has 0 unspecified atom stereocenters. The van der Waals surface area contributed by atoms with Crippen LogP contribution in [0, 0.1) is 0 Å². The second-order valence-corrected chi connectivity index (χ2v) is 3.51. The minimum absolute atomic E-state index is 0.178. The first-order valence-electron chi connectivity index (χ1n) is 5.67. The highest BCUT2D eigenvalue weighted by atomic mass is 16.5. The van der Waals surface area contributed by atoms with Gasteiger partial charge in [0, 0.05) is 12.8 Å². The van der Waals surface area contributed by atoms with Crippen molar-refractivity contribution in [3.8, 4) is 5.75 Å². The average molecular weight is 249 g/mol. The molecule has 0 bridgehead atoms. The first kappa shape index (κ1) is 13.9. The van der Waals surface area contributed by atoms with Gasteiger partial charge in [-0.3, -0.25) is 14.4 Å². The quantitative estimate of drug-likeness (QED) is 0.599. The van der Waals surface area contributed by atoms with Crippen molar-refractivity contribution in [2.45, 2.75) is 19.8 Å². The lowest BCUT2D eigenvalue weighted by molar-refractivity contribution is -0.143. The van der Waals surface area contributed by atoms with Gasteiger partial charge in [0.15, 0.2) is 0 Å². The van der Waals surface area contributed by atoms with Crippen LogP contribution in [-0.2, 0) is 14.4 Å². The molecule has 5 nitrogen and oxygen atoms in total. The van der Waals surface area contributed by atoms with Crippen LogP contribution in [0.5, 0.6) is 5.75 Å². The summed E-state index contributed by atoms with van der Waals surface area (Å²) in [6.45, 7) is 2.72. The largest absolute Gasteiger partial charge is 0.494 e. The van der Waals surface area contributed by atoms with Crippen LogP contribution in [0.3, 0.4) is 0 Å². The van der Waals surface area contributed by atoms with E-state index in [9.17, 15) is 14.4 Å². The predicted octanol–water partition coefficient (Wildman–Crippen LogP) is 1.38. The standard InChI is InChI=1S/C8H10O.C5H5NO3/c1-2-9-8-6-4-3-5-7-8;7-3-6-4(8)1-2-5(6)9/h3-7H,2H2,1H3;3H,1-2H2. The maximum absolute atomic E-state index is 10.5. The zero-order valence-electron chi connectivity index (χ0n) is 10.2. The molecule has 1 aliphatic heterocycles. The minimum atomic E-state index is -0.394. The Morgan fingerprint density at radius 2 is 1.72 bits per heavy atom. The van der Waals surface area contributed by atoms with Crippen molar-refractivity contribution in [2.75, 3.05) is 6.61 Å². The molecule has 1 heterocycles. The van der Waals surface area contributed by atoms with E-state index in [1.807, 2.05) is 37.3 Å². The first-order valence-corrected chi connectivity index (χ1v) is 5.67. The van der Waals surface area contributed by atoms with Gasteiger partial charge < -0.3 is 4.74 Å². The lowest BCUT2D eigenvalue weighted by Crippen LogP contribution is -2.26. The Balaban J connectivity index is 0.000000180. The van der Waals surface area contributed by atoms with Gasteiger partial charge in [0.05, 0.1) is 6.61 Å². The van der Waals surface area contributed by atoms with Gasteiger partial charge in [-0.2, -0.15) is 0 Å². The van der Waals surface area contributed by atoms with Crippen LogP contribution in [0.1, 0.15) is 19.8 Å². The van der Waals surface area contributed by atoms with Gasteiger partial charge in [-0.05, 0) is 19.1 Å². The van der Waals surface area contributed by atoms with Gasteiger partial charge in [-0.1, -0.05) is 18.2 Å². The molecule has 1 aromatic carbocycles. The number of benzene rings is 1. The van der Waals surface area contributed by atoms with Crippen molar-refractivity contribution in [3.05, 3.63) is 30.3 Å². The summed E-state index contributed by atoms with van der Waals surface area (Å²) >= 11 is 0. The number of amides is 3. The molecule has 0 spiro atoms. The number of hydrogen-bond acceptors (Lipinski definition) is 4. The van der Waals surface area contributed by atoms with Crippen LogP contribution >= 0.6 is 0 Å². The van der Waals surface area contributed by atoms with Crippen LogP contribution in [0.2, 0.25) is 0 Å². The lowest BCUT2D eigenvalue weighted by Gasteiger charge is -1.99. The van der Waals surface area contributed by atoms with Crippen LogP contribution in [0.4, 0.5) is 0 Å². The van der Waals surface area contributed by atoms with Gasteiger partial charge in [0.25, 0.3) is 0 Å². The normalized spacial score (nSPS) is 13.9. The third-order valence-electron chi connectivity index (χ3n) is 2.25. The third-order valence-corrected chi connectivity index (χ3v) is 2.25. The molecule has 5 heteroatoms. The Hall–Kier alpha value is -2.17. The number of ether oxygens (including phenoxy) is 1. The molecular formula is C13H15NO4. The Morgan fingerprint density at radius 3 is 2.11 bits per heavy atom. The summed E-state index contributed by atoms with van der Waals surface area (Å²) in [6, 6.07) is 9.80. The molecule has 1 saturated heterocycles. The minimum Gasteiger partial charge on any atom is -0.494 e. The topological polar surface area (TPSA) is 63.7 Å². The van der Waals surface area contributed by atoms with Gasteiger partial charge in [0.1, 0.15) is 5.75 Å². The van der Waals surface area contributed by atoms with E-state index in [0.717, 1.165) is 12.4 Å². The SMILES string of the molecule is CCOc1ccccc1.O=CN1C(=O)CCC1=O. The fourth-order valence-electron chi connectivity index (χ4n) is 1.39. The molecule has 96 valence electrons. The zero-order valence-corrected chi connectivity index (χ0v) is 10.2. The lowest BCUT2D eigenvalue weighted by atomic mass is 10.3. The summed E-state index contributed by atoms with van der Waals surface area (Å²) < 4.78 is 5.21. The number of rotatable bonds is 3. The van der Waals surface area contributed by atoms with Crippen LogP contribution in [0.25, 0.3) is 0 Å². The molecule has 2 rings (SSSR count). The van der Waals surface area contributed by atoms with Crippen molar-refractivity contribution in [3.63, 3.8) is 0 Å². The van der Waals surface area contributed by atoms with Gasteiger partial charge in [-0.25, -0.2) is 4.90 Å². The molecule has 0 aromatic heterocycles.